The van der Waals surface area contributed by atoms with Crippen molar-refractivity contribution in [3.05, 3.63) is 51.9 Å². The summed E-state index contributed by atoms with van der Waals surface area (Å²) in [7, 11) is 4.53. The number of carbonyl (C=O) groups excluding carboxylic acids is 1. The van der Waals surface area contributed by atoms with E-state index in [1.807, 2.05) is 31.2 Å². The first-order chi connectivity index (χ1) is 9.93. The molecule has 6 heteroatoms. The van der Waals surface area contributed by atoms with Crippen LogP contribution in [0.4, 0.5) is 0 Å². The van der Waals surface area contributed by atoms with Gasteiger partial charge in [0.1, 0.15) is 0 Å². The summed E-state index contributed by atoms with van der Waals surface area (Å²) in [6.45, 7) is 1.95. The van der Waals surface area contributed by atoms with Crippen LogP contribution in [0.5, 0.6) is 5.75 Å². The number of hydrogen-bond acceptors (Lipinski definition) is 4. The molecule has 1 amide bonds. The highest BCUT2D eigenvalue weighted by atomic mass is 16.5. The summed E-state index contributed by atoms with van der Waals surface area (Å²) in [6, 6.07) is 7.58. The Bertz CT molecular complexity index is 735. The first-order valence-corrected chi connectivity index (χ1v) is 6.40. The van der Waals surface area contributed by atoms with Crippen molar-refractivity contribution in [2.45, 2.75) is 6.92 Å². The van der Waals surface area contributed by atoms with Crippen molar-refractivity contribution >= 4 is 5.91 Å². The van der Waals surface area contributed by atoms with Gasteiger partial charge >= 0.3 is 0 Å². The van der Waals surface area contributed by atoms with Gasteiger partial charge in [0.05, 0.1) is 19.0 Å². The van der Waals surface area contributed by atoms with E-state index in [9.17, 15) is 9.59 Å². The van der Waals surface area contributed by atoms with E-state index in [4.69, 9.17) is 4.74 Å². The number of carbonyl (C=O) groups is 1. The van der Waals surface area contributed by atoms with Crippen molar-refractivity contribution in [1.29, 1.82) is 0 Å². The van der Waals surface area contributed by atoms with Crippen LogP contribution < -0.4 is 10.2 Å². The summed E-state index contributed by atoms with van der Waals surface area (Å²) in [5, 5.41) is 4.15. The Kier molecular flexibility index (Phi) is 4.07. The first kappa shape index (κ1) is 14.8. The zero-order valence-electron chi connectivity index (χ0n) is 12.5. The Labute approximate surface area is 122 Å². The van der Waals surface area contributed by atoms with Gasteiger partial charge in [0.2, 0.25) is 0 Å². The molecule has 2 aromatic rings. The quantitative estimate of drug-likeness (QED) is 0.852. The number of amides is 1. The molecule has 1 aromatic carbocycles. The third-order valence-corrected chi connectivity index (χ3v) is 2.98. The van der Waals surface area contributed by atoms with Crippen LogP contribution in [0.15, 0.2) is 35.3 Å². The second kappa shape index (κ2) is 5.78. The van der Waals surface area contributed by atoms with Crippen LogP contribution in [-0.2, 0) is 0 Å². The van der Waals surface area contributed by atoms with E-state index in [0.29, 0.717) is 0 Å². The Morgan fingerprint density at radius 1 is 1.33 bits per heavy atom. The molecule has 2 rings (SSSR count). The van der Waals surface area contributed by atoms with E-state index in [-0.39, 0.29) is 11.4 Å². The van der Waals surface area contributed by atoms with Crippen LogP contribution in [0, 0.1) is 6.92 Å². The van der Waals surface area contributed by atoms with Crippen molar-refractivity contribution in [2.75, 3.05) is 21.2 Å². The lowest BCUT2D eigenvalue weighted by molar-refractivity contribution is 0.0818. The van der Waals surface area contributed by atoms with E-state index in [1.165, 1.54) is 22.9 Å². The van der Waals surface area contributed by atoms with Gasteiger partial charge in [0.15, 0.2) is 11.4 Å². The van der Waals surface area contributed by atoms with Crippen molar-refractivity contribution < 1.29 is 9.53 Å². The summed E-state index contributed by atoms with van der Waals surface area (Å²) < 4.78 is 6.54. The fourth-order valence-corrected chi connectivity index (χ4v) is 1.87. The molecule has 6 nitrogen and oxygen atoms in total. The molecule has 0 radical (unpaired) electrons. The third kappa shape index (κ3) is 2.94. The highest BCUT2D eigenvalue weighted by Crippen LogP contribution is 2.12. The van der Waals surface area contributed by atoms with Gasteiger partial charge in [0.25, 0.3) is 11.3 Å². The van der Waals surface area contributed by atoms with E-state index in [1.54, 1.807) is 14.1 Å². The van der Waals surface area contributed by atoms with E-state index in [2.05, 4.69) is 5.10 Å². The van der Waals surface area contributed by atoms with E-state index < -0.39 is 11.3 Å². The molecular formula is C15H17N3O3. The van der Waals surface area contributed by atoms with E-state index in [0.717, 1.165) is 11.3 Å². The highest BCUT2D eigenvalue weighted by Gasteiger charge is 2.19. The molecule has 0 saturated heterocycles. The predicted molar refractivity (Wildman–Crippen MR) is 79.1 cm³/mol. The van der Waals surface area contributed by atoms with Crippen LogP contribution in [0.25, 0.3) is 5.69 Å². The van der Waals surface area contributed by atoms with Crippen molar-refractivity contribution in [3.8, 4) is 11.4 Å². The number of ether oxygens (including phenoxy) is 1. The summed E-state index contributed by atoms with van der Waals surface area (Å²) in [5.74, 6) is -0.378. The Hall–Kier alpha value is -2.63. The van der Waals surface area contributed by atoms with Gasteiger partial charge in [-0.15, -0.1) is 0 Å². The monoisotopic (exact) mass is 287 g/mol. The van der Waals surface area contributed by atoms with Crippen LogP contribution in [0.1, 0.15) is 16.1 Å². The number of nitrogens with zero attached hydrogens (tertiary/aromatic N) is 3. The largest absolute Gasteiger partial charge is 0.491 e. The molecule has 0 N–H and O–H groups in total. The highest BCUT2D eigenvalue weighted by molar-refractivity contribution is 5.92. The molecule has 0 saturated carbocycles. The number of methoxy groups -OCH3 is 1. The van der Waals surface area contributed by atoms with Crippen molar-refractivity contribution in [3.63, 3.8) is 0 Å². The van der Waals surface area contributed by atoms with E-state index >= 15 is 0 Å². The molecule has 21 heavy (non-hydrogen) atoms. The maximum absolute atomic E-state index is 12.1. The third-order valence-electron chi connectivity index (χ3n) is 2.98. The molecule has 0 aliphatic heterocycles. The van der Waals surface area contributed by atoms with Gasteiger partial charge in [-0.1, -0.05) is 12.1 Å². The average Bonchev–Trinajstić information content (AvgIpc) is 2.46. The number of aromatic nitrogens is 2. The van der Waals surface area contributed by atoms with Gasteiger partial charge < -0.3 is 9.64 Å². The van der Waals surface area contributed by atoms with Gasteiger partial charge in [-0.3, -0.25) is 9.59 Å². The Balaban J connectivity index is 2.66. The zero-order chi connectivity index (χ0) is 15.6. The molecule has 1 heterocycles. The Morgan fingerprint density at radius 3 is 2.62 bits per heavy atom. The summed E-state index contributed by atoms with van der Waals surface area (Å²) in [5.41, 5.74) is 1.12. The Morgan fingerprint density at radius 2 is 2.05 bits per heavy atom. The van der Waals surface area contributed by atoms with Gasteiger partial charge in [-0.25, -0.2) is 4.68 Å². The molecule has 0 atom stereocenters. The van der Waals surface area contributed by atoms with Crippen LogP contribution in [0.2, 0.25) is 0 Å². The van der Waals surface area contributed by atoms with Crippen molar-refractivity contribution in [1.82, 2.24) is 14.7 Å². The van der Waals surface area contributed by atoms with Crippen LogP contribution in [0.3, 0.4) is 0 Å². The number of benzene rings is 1. The molecule has 0 spiro atoms. The molecule has 0 bridgehead atoms. The topological polar surface area (TPSA) is 64.4 Å². The normalized spacial score (nSPS) is 10.3. The molecule has 0 fully saturated rings. The predicted octanol–water partition coefficient (Wildman–Crippen LogP) is 1.25. The lowest BCUT2D eigenvalue weighted by Gasteiger charge is -2.13. The number of hydrogen-bond donors (Lipinski definition) is 0. The number of rotatable bonds is 3. The minimum atomic E-state index is -0.514. The minimum absolute atomic E-state index is 0.0803. The summed E-state index contributed by atoms with van der Waals surface area (Å²) >= 11 is 0. The fraction of sp³-hybridized carbons (Fsp3) is 0.267. The SMILES string of the molecule is COc1cn(-c2cccc(C)c2)nc(C(=O)N(C)C)c1=O. The van der Waals surface area contributed by atoms with Crippen molar-refractivity contribution in [2.24, 2.45) is 0 Å². The first-order valence-electron chi connectivity index (χ1n) is 6.40. The smallest absolute Gasteiger partial charge is 0.278 e. The molecule has 1 aromatic heterocycles. The molecule has 0 aliphatic carbocycles. The standard InChI is InChI=1S/C15H17N3O3/c1-10-6-5-7-11(8-10)18-9-12(21-4)14(19)13(16-18)15(20)17(2)3/h5-9H,1-4H3. The maximum Gasteiger partial charge on any atom is 0.278 e. The van der Waals surface area contributed by atoms with Gasteiger partial charge in [0, 0.05) is 14.1 Å². The fourth-order valence-electron chi connectivity index (χ4n) is 1.87. The summed E-state index contributed by atoms with van der Waals surface area (Å²) in [6.07, 6.45) is 1.48. The minimum Gasteiger partial charge on any atom is -0.491 e. The zero-order valence-corrected chi connectivity index (χ0v) is 12.5. The van der Waals surface area contributed by atoms with Gasteiger partial charge in [-0.05, 0) is 24.6 Å². The average molecular weight is 287 g/mol. The molecule has 110 valence electrons. The second-order valence-electron chi connectivity index (χ2n) is 4.86. The second-order valence-corrected chi connectivity index (χ2v) is 4.86. The maximum atomic E-state index is 12.1. The lowest BCUT2D eigenvalue weighted by atomic mass is 10.2. The number of aryl methyl sites for hydroxylation is 1. The lowest BCUT2D eigenvalue weighted by Crippen LogP contribution is -2.31. The molecular weight excluding hydrogens is 270 g/mol. The summed E-state index contributed by atoms with van der Waals surface area (Å²) in [4.78, 5) is 25.5. The molecule has 0 unspecified atom stereocenters. The molecule has 0 aliphatic rings. The van der Waals surface area contributed by atoms with Gasteiger partial charge in [-0.2, -0.15) is 5.10 Å². The van der Waals surface area contributed by atoms with Crippen LogP contribution in [-0.4, -0.2) is 41.8 Å². The van der Waals surface area contributed by atoms with Crippen LogP contribution >= 0.6 is 0 Å².